The van der Waals surface area contributed by atoms with Gasteiger partial charge in [0, 0.05) is 0 Å². The van der Waals surface area contributed by atoms with Crippen molar-refractivity contribution in [1.82, 2.24) is 10.9 Å². The van der Waals surface area contributed by atoms with Gasteiger partial charge in [-0.15, -0.1) is 0 Å². The van der Waals surface area contributed by atoms with Crippen LogP contribution < -0.4 is 16.6 Å². The average Bonchev–Trinajstić information content (AvgIpc) is 2.62. The highest BCUT2D eigenvalue weighted by Gasteiger charge is 2.19. The van der Waals surface area contributed by atoms with E-state index in [1.165, 1.54) is 0 Å². The van der Waals surface area contributed by atoms with E-state index in [2.05, 4.69) is 10.9 Å². The second-order valence-electron chi connectivity index (χ2n) is 5.72. The standard InChI is InChI=1S/C19H25N3O2/c20-14-8-7-13-17(19(23)24)21-22-18(15-9-3-1-4-10-15)16-11-5-2-6-12-16/h1-6,9-12,17-18,21-22H,7-8,13-14,20H2,(H,23,24)/t17-/m0/s1. The quantitative estimate of drug-likeness (QED) is 0.398. The summed E-state index contributed by atoms with van der Waals surface area (Å²) in [5, 5.41) is 9.39. The molecule has 0 unspecified atom stereocenters. The maximum Gasteiger partial charge on any atom is 0.322 e. The fraction of sp³-hybridized carbons (Fsp3) is 0.316. The van der Waals surface area contributed by atoms with Crippen molar-refractivity contribution in [3.05, 3.63) is 71.8 Å². The number of hydrogen-bond acceptors (Lipinski definition) is 4. The van der Waals surface area contributed by atoms with Crippen LogP contribution in [-0.2, 0) is 4.79 Å². The van der Waals surface area contributed by atoms with Gasteiger partial charge in [-0.3, -0.25) is 4.79 Å². The van der Waals surface area contributed by atoms with Crippen LogP contribution in [0.25, 0.3) is 0 Å². The molecular formula is C19H25N3O2. The van der Waals surface area contributed by atoms with Gasteiger partial charge in [-0.1, -0.05) is 60.7 Å². The molecule has 5 heteroatoms. The molecule has 0 saturated heterocycles. The van der Waals surface area contributed by atoms with Gasteiger partial charge in [0.25, 0.3) is 0 Å². The Kier molecular flexibility index (Phi) is 7.42. The molecule has 0 aromatic heterocycles. The van der Waals surface area contributed by atoms with E-state index in [0.717, 1.165) is 24.0 Å². The molecule has 0 saturated carbocycles. The van der Waals surface area contributed by atoms with Crippen LogP contribution in [0.3, 0.4) is 0 Å². The zero-order valence-corrected chi connectivity index (χ0v) is 13.7. The summed E-state index contributed by atoms with van der Waals surface area (Å²) >= 11 is 0. The Hall–Kier alpha value is -2.21. The molecule has 5 N–H and O–H groups in total. The first kappa shape index (κ1) is 18.1. The van der Waals surface area contributed by atoms with E-state index in [-0.39, 0.29) is 6.04 Å². The lowest BCUT2D eigenvalue weighted by molar-refractivity contribution is -0.140. The van der Waals surface area contributed by atoms with Gasteiger partial charge in [-0.25, -0.2) is 10.9 Å². The first-order valence-corrected chi connectivity index (χ1v) is 8.26. The number of rotatable bonds is 10. The minimum absolute atomic E-state index is 0.122. The lowest BCUT2D eigenvalue weighted by Gasteiger charge is -2.23. The largest absolute Gasteiger partial charge is 0.480 e. The number of hydrogen-bond donors (Lipinski definition) is 4. The molecule has 0 heterocycles. The van der Waals surface area contributed by atoms with Crippen LogP contribution in [0.2, 0.25) is 0 Å². The normalized spacial score (nSPS) is 12.2. The van der Waals surface area contributed by atoms with Crippen molar-refractivity contribution in [3.8, 4) is 0 Å². The van der Waals surface area contributed by atoms with Gasteiger partial charge in [0.2, 0.25) is 0 Å². The Morgan fingerprint density at radius 2 is 1.46 bits per heavy atom. The minimum Gasteiger partial charge on any atom is -0.480 e. The SMILES string of the molecule is NCCCC[C@H](NNC(c1ccccc1)c1ccccc1)C(=O)O. The summed E-state index contributed by atoms with van der Waals surface area (Å²) in [6.45, 7) is 0.580. The smallest absolute Gasteiger partial charge is 0.322 e. The molecule has 0 aliphatic rings. The van der Waals surface area contributed by atoms with Crippen molar-refractivity contribution in [1.29, 1.82) is 0 Å². The highest BCUT2D eigenvalue weighted by atomic mass is 16.4. The summed E-state index contributed by atoms with van der Waals surface area (Å²) in [6, 6.07) is 19.2. The van der Waals surface area contributed by atoms with Crippen molar-refractivity contribution >= 4 is 5.97 Å². The third-order valence-electron chi connectivity index (χ3n) is 3.91. The molecule has 1 atom stereocenters. The third-order valence-corrected chi connectivity index (χ3v) is 3.91. The van der Waals surface area contributed by atoms with E-state index < -0.39 is 12.0 Å². The zero-order valence-electron chi connectivity index (χ0n) is 13.7. The Bertz CT molecular complexity index is 565. The van der Waals surface area contributed by atoms with E-state index in [1.54, 1.807) is 0 Å². The number of benzene rings is 2. The number of unbranched alkanes of at least 4 members (excludes halogenated alkanes) is 1. The molecule has 0 bridgehead atoms. The minimum atomic E-state index is -0.862. The molecular weight excluding hydrogens is 302 g/mol. The van der Waals surface area contributed by atoms with Crippen LogP contribution in [0, 0.1) is 0 Å². The summed E-state index contributed by atoms with van der Waals surface area (Å²) in [5.41, 5.74) is 13.8. The monoisotopic (exact) mass is 327 g/mol. The molecule has 5 nitrogen and oxygen atoms in total. The lowest BCUT2D eigenvalue weighted by atomic mass is 9.99. The predicted octanol–water partition coefficient (Wildman–Crippen LogP) is 2.45. The fourth-order valence-electron chi connectivity index (χ4n) is 2.58. The van der Waals surface area contributed by atoms with Crippen LogP contribution in [0.1, 0.15) is 36.4 Å². The summed E-state index contributed by atoms with van der Waals surface area (Å²) in [7, 11) is 0. The molecule has 0 aliphatic carbocycles. The van der Waals surface area contributed by atoms with Crippen molar-refractivity contribution in [2.45, 2.75) is 31.3 Å². The van der Waals surface area contributed by atoms with Gasteiger partial charge >= 0.3 is 5.97 Å². The number of nitrogens with one attached hydrogen (secondary N) is 2. The van der Waals surface area contributed by atoms with Crippen molar-refractivity contribution in [2.75, 3.05) is 6.54 Å². The van der Waals surface area contributed by atoms with E-state index in [9.17, 15) is 9.90 Å². The number of hydrazine groups is 1. The molecule has 128 valence electrons. The maximum absolute atomic E-state index is 11.4. The summed E-state index contributed by atoms with van der Waals surface area (Å²) < 4.78 is 0. The van der Waals surface area contributed by atoms with Crippen LogP contribution >= 0.6 is 0 Å². The first-order chi connectivity index (χ1) is 11.7. The van der Waals surface area contributed by atoms with Crippen molar-refractivity contribution < 1.29 is 9.90 Å². The van der Waals surface area contributed by atoms with E-state index in [4.69, 9.17) is 5.73 Å². The zero-order chi connectivity index (χ0) is 17.2. The molecule has 0 radical (unpaired) electrons. The number of nitrogens with two attached hydrogens (primary N) is 1. The van der Waals surface area contributed by atoms with Crippen LogP contribution in [-0.4, -0.2) is 23.7 Å². The topological polar surface area (TPSA) is 87.4 Å². The summed E-state index contributed by atoms with van der Waals surface area (Å²) in [5.74, 6) is -0.862. The first-order valence-electron chi connectivity index (χ1n) is 8.26. The predicted molar refractivity (Wildman–Crippen MR) is 95.3 cm³/mol. The van der Waals surface area contributed by atoms with Gasteiger partial charge in [0.15, 0.2) is 0 Å². The Morgan fingerprint density at radius 3 is 1.92 bits per heavy atom. The van der Waals surface area contributed by atoms with Crippen molar-refractivity contribution in [2.24, 2.45) is 5.73 Å². The van der Waals surface area contributed by atoms with E-state index >= 15 is 0 Å². The number of carbonyl (C=O) groups is 1. The number of carboxylic acid groups (broad SMARTS) is 1. The third kappa shape index (κ3) is 5.45. The van der Waals surface area contributed by atoms with E-state index in [1.807, 2.05) is 60.7 Å². The average molecular weight is 327 g/mol. The van der Waals surface area contributed by atoms with Gasteiger partial charge in [0.1, 0.15) is 6.04 Å². The Labute approximate surface area is 142 Å². The summed E-state index contributed by atoms with van der Waals surface area (Å²) in [6.07, 6.45) is 2.14. The van der Waals surface area contributed by atoms with Gasteiger partial charge in [0.05, 0.1) is 6.04 Å². The van der Waals surface area contributed by atoms with Crippen molar-refractivity contribution in [3.63, 3.8) is 0 Å². The van der Waals surface area contributed by atoms with Crippen LogP contribution in [0.15, 0.2) is 60.7 Å². The second kappa shape index (κ2) is 9.82. The molecule has 2 aromatic carbocycles. The fourth-order valence-corrected chi connectivity index (χ4v) is 2.58. The molecule has 0 aliphatic heterocycles. The second-order valence-corrected chi connectivity index (χ2v) is 5.72. The van der Waals surface area contributed by atoms with Crippen LogP contribution in [0.4, 0.5) is 0 Å². The van der Waals surface area contributed by atoms with Gasteiger partial charge in [-0.05, 0) is 36.9 Å². The van der Waals surface area contributed by atoms with E-state index in [0.29, 0.717) is 13.0 Å². The number of carboxylic acids is 1. The maximum atomic E-state index is 11.4. The highest BCUT2D eigenvalue weighted by Crippen LogP contribution is 2.21. The molecule has 2 rings (SSSR count). The molecule has 0 fully saturated rings. The van der Waals surface area contributed by atoms with Gasteiger partial charge in [-0.2, -0.15) is 0 Å². The molecule has 0 amide bonds. The molecule has 24 heavy (non-hydrogen) atoms. The Morgan fingerprint density at radius 1 is 0.917 bits per heavy atom. The van der Waals surface area contributed by atoms with Crippen LogP contribution in [0.5, 0.6) is 0 Å². The Balaban J connectivity index is 2.09. The lowest BCUT2D eigenvalue weighted by Crippen LogP contribution is -2.47. The summed E-state index contributed by atoms with van der Waals surface area (Å²) in [4.78, 5) is 11.4. The number of aliphatic carboxylic acids is 1. The highest BCUT2D eigenvalue weighted by molar-refractivity contribution is 5.73. The molecule has 2 aromatic rings. The van der Waals surface area contributed by atoms with Gasteiger partial charge < -0.3 is 10.8 Å². The molecule has 0 spiro atoms.